The second kappa shape index (κ2) is 7.37. The van der Waals surface area contributed by atoms with Crippen LogP contribution in [-0.2, 0) is 0 Å². The topological polar surface area (TPSA) is 47.0 Å². The average molecular weight is 255 g/mol. The molecule has 1 heterocycles. The first kappa shape index (κ1) is 14.1. The Kier molecular flexibility index (Phi) is 6.11. The van der Waals surface area contributed by atoms with Crippen molar-refractivity contribution in [2.75, 3.05) is 23.9 Å². The molecule has 0 radical (unpaired) electrons. The zero-order valence-corrected chi connectivity index (χ0v) is 11.8. The van der Waals surface area contributed by atoms with Crippen molar-refractivity contribution in [2.24, 2.45) is 5.92 Å². The van der Waals surface area contributed by atoms with E-state index >= 15 is 0 Å². The van der Waals surface area contributed by atoms with E-state index in [0.717, 1.165) is 12.3 Å². The maximum absolute atomic E-state index is 5.51. The van der Waals surface area contributed by atoms with Crippen molar-refractivity contribution in [2.45, 2.75) is 26.9 Å². The highest BCUT2D eigenvalue weighted by molar-refractivity contribution is 7.98. The molecule has 0 aromatic carbocycles. The Bertz CT molecular complexity index is 333. The van der Waals surface area contributed by atoms with Crippen LogP contribution in [0.15, 0.2) is 12.3 Å². The lowest BCUT2D eigenvalue weighted by Gasteiger charge is -2.12. The van der Waals surface area contributed by atoms with Crippen molar-refractivity contribution >= 4 is 17.7 Å². The van der Waals surface area contributed by atoms with Gasteiger partial charge in [0.1, 0.15) is 0 Å². The summed E-state index contributed by atoms with van der Waals surface area (Å²) in [4.78, 5) is 8.46. The van der Waals surface area contributed by atoms with Crippen molar-refractivity contribution in [3.05, 3.63) is 12.3 Å². The number of nitrogens with one attached hydrogen (secondary N) is 1. The Labute approximate surface area is 108 Å². The van der Waals surface area contributed by atoms with Gasteiger partial charge in [0.15, 0.2) is 0 Å². The Morgan fingerprint density at radius 2 is 2.18 bits per heavy atom. The van der Waals surface area contributed by atoms with E-state index in [1.807, 2.05) is 25.6 Å². The Morgan fingerprint density at radius 3 is 2.82 bits per heavy atom. The summed E-state index contributed by atoms with van der Waals surface area (Å²) in [7, 11) is 0. The Morgan fingerprint density at radius 1 is 1.41 bits per heavy atom. The lowest BCUT2D eigenvalue weighted by atomic mass is 10.2. The third kappa shape index (κ3) is 5.77. The van der Waals surface area contributed by atoms with E-state index in [1.54, 1.807) is 12.3 Å². The lowest BCUT2D eigenvalue weighted by molar-refractivity contribution is 0.232. The number of hydrogen-bond acceptors (Lipinski definition) is 5. The number of ether oxygens (including phenoxy) is 1. The zero-order valence-electron chi connectivity index (χ0n) is 10.9. The summed E-state index contributed by atoms with van der Waals surface area (Å²) in [6.45, 7) is 7.05. The molecule has 17 heavy (non-hydrogen) atoms. The molecule has 0 aliphatic carbocycles. The first-order valence-corrected chi connectivity index (χ1v) is 7.23. The van der Waals surface area contributed by atoms with Crippen molar-refractivity contribution in [3.8, 4) is 5.88 Å². The van der Waals surface area contributed by atoms with Crippen LogP contribution in [0.5, 0.6) is 5.88 Å². The standard InChI is InChI=1S/C12H21N3OS/c1-9(2)16-11-5-6-13-12(15-11)14-7-10(3)8-17-4/h5-6,9-10H,7-8H2,1-4H3,(H,13,14,15). The van der Waals surface area contributed by atoms with E-state index in [0.29, 0.717) is 17.7 Å². The Hall–Kier alpha value is -0.970. The zero-order chi connectivity index (χ0) is 12.7. The molecule has 0 saturated heterocycles. The summed E-state index contributed by atoms with van der Waals surface area (Å²) in [5, 5.41) is 3.23. The van der Waals surface area contributed by atoms with Crippen molar-refractivity contribution in [1.29, 1.82) is 0 Å². The lowest BCUT2D eigenvalue weighted by Crippen LogP contribution is -2.15. The second-order valence-corrected chi connectivity index (χ2v) is 5.24. The summed E-state index contributed by atoms with van der Waals surface area (Å²) < 4.78 is 5.51. The van der Waals surface area contributed by atoms with Gasteiger partial charge < -0.3 is 10.1 Å². The molecule has 0 bridgehead atoms. The molecule has 0 saturated carbocycles. The van der Waals surface area contributed by atoms with Gasteiger partial charge in [-0.15, -0.1) is 0 Å². The fraction of sp³-hybridized carbons (Fsp3) is 0.667. The molecule has 1 aromatic heterocycles. The minimum atomic E-state index is 0.133. The van der Waals surface area contributed by atoms with Crippen LogP contribution in [0.4, 0.5) is 5.95 Å². The van der Waals surface area contributed by atoms with Gasteiger partial charge in [0.05, 0.1) is 6.10 Å². The summed E-state index contributed by atoms with van der Waals surface area (Å²) in [5.74, 6) is 2.99. The van der Waals surface area contributed by atoms with Gasteiger partial charge in [-0.3, -0.25) is 0 Å². The predicted octanol–water partition coefficient (Wildman–Crippen LogP) is 2.67. The van der Waals surface area contributed by atoms with Crippen LogP contribution >= 0.6 is 11.8 Å². The van der Waals surface area contributed by atoms with Crippen LogP contribution in [-0.4, -0.2) is 34.6 Å². The van der Waals surface area contributed by atoms with Gasteiger partial charge in [-0.25, -0.2) is 4.98 Å². The molecular formula is C12H21N3OS. The summed E-state index contributed by atoms with van der Waals surface area (Å²) >= 11 is 1.85. The maximum atomic E-state index is 5.51. The van der Waals surface area contributed by atoms with E-state index < -0.39 is 0 Å². The highest BCUT2D eigenvalue weighted by Crippen LogP contribution is 2.11. The van der Waals surface area contributed by atoms with Crippen LogP contribution < -0.4 is 10.1 Å². The molecule has 0 amide bonds. The molecular weight excluding hydrogens is 234 g/mol. The minimum Gasteiger partial charge on any atom is -0.475 e. The molecule has 0 spiro atoms. The third-order valence-corrected chi connectivity index (χ3v) is 2.95. The fourth-order valence-electron chi connectivity index (χ4n) is 1.34. The minimum absolute atomic E-state index is 0.133. The van der Waals surface area contributed by atoms with Gasteiger partial charge in [0.2, 0.25) is 11.8 Å². The molecule has 1 aromatic rings. The highest BCUT2D eigenvalue weighted by atomic mass is 32.2. The third-order valence-electron chi connectivity index (χ3n) is 2.05. The van der Waals surface area contributed by atoms with E-state index in [1.165, 1.54) is 0 Å². The van der Waals surface area contributed by atoms with Gasteiger partial charge in [-0.1, -0.05) is 6.92 Å². The van der Waals surface area contributed by atoms with E-state index in [4.69, 9.17) is 4.74 Å². The fourth-order valence-corrected chi connectivity index (χ4v) is 2.03. The second-order valence-electron chi connectivity index (χ2n) is 4.33. The molecule has 1 unspecified atom stereocenters. The monoisotopic (exact) mass is 255 g/mol. The highest BCUT2D eigenvalue weighted by Gasteiger charge is 2.04. The SMILES string of the molecule is CSCC(C)CNc1nccc(OC(C)C)n1. The summed E-state index contributed by atoms with van der Waals surface area (Å²) in [5.41, 5.74) is 0. The van der Waals surface area contributed by atoms with Gasteiger partial charge in [-0.05, 0) is 31.8 Å². The van der Waals surface area contributed by atoms with Crippen molar-refractivity contribution < 1.29 is 4.74 Å². The number of anilines is 1. The van der Waals surface area contributed by atoms with Crippen molar-refractivity contribution in [1.82, 2.24) is 9.97 Å². The number of thioether (sulfide) groups is 1. The van der Waals surface area contributed by atoms with Crippen LogP contribution in [0.2, 0.25) is 0 Å². The molecule has 0 aliphatic rings. The van der Waals surface area contributed by atoms with Crippen molar-refractivity contribution in [3.63, 3.8) is 0 Å². The van der Waals surface area contributed by atoms with E-state index in [2.05, 4.69) is 28.5 Å². The molecule has 0 fully saturated rings. The first-order chi connectivity index (χ1) is 8.11. The average Bonchev–Trinajstić information content (AvgIpc) is 2.26. The molecule has 0 aliphatic heterocycles. The molecule has 96 valence electrons. The van der Waals surface area contributed by atoms with E-state index in [9.17, 15) is 0 Å². The summed E-state index contributed by atoms with van der Waals surface area (Å²) in [6.07, 6.45) is 3.96. The summed E-state index contributed by atoms with van der Waals surface area (Å²) in [6, 6.07) is 1.77. The number of nitrogens with zero attached hydrogens (tertiary/aromatic N) is 2. The van der Waals surface area contributed by atoms with Gasteiger partial charge in [0, 0.05) is 18.8 Å². The smallest absolute Gasteiger partial charge is 0.225 e. The molecule has 1 rings (SSSR count). The maximum Gasteiger partial charge on any atom is 0.225 e. The quantitative estimate of drug-likeness (QED) is 0.811. The molecule has 5 heteroatoms. The van der Waals surface area contributed by atoms with Gasteiger partial charge in [0.25, 0.3) is 0 Å². The first-order valence-electron chi connectivity index (χ1n) is 5.84. The normalized spacial score (nSPS) is 12.5. The van der Waals surface area contributed by atoms with E-state index in [-0.39, 0.29) is 6.10 Å². The van der Waals surface area contributed by atoms with Gasteiger partial charge >= 0.3 is 0 Å². The molecule has 1 atom stereocenters. The molecule has 4 nitrogen and oxygen atoms in total. The van der Waals surface area contributed by atoms with Crippen LogP contribution in [0.25, 0.3) is 0 Å². The predicted molar refractivity (Wildman–Crippen MR) is 73.8 cm³/mol. The number of hydrogen-bond donors (Lipinski definition) is 1. The van der Waals surface area contributed by atoms with Crippen LogP contribution in [0.1, 0.15) is 20.8 Å². The van der Waals surface area contributed by atoms with Crippen LogP contribution in [0, 0.1) is 5.92 Å². The Balaban J connectivity index is 2.48. The number of aromatic nitrogens is 2. The van der Waals surface area contributed by atoms with Crippen LogP contribution in [0.3, 0.4) is 0 Å². The number of rotatable bonds is 7. The largest absolute Gasteiger partial charge is 0.475 e. The molecule has 1 N–H and O–H groups in total. The van der Waals surface area contributed by atoms with Gasteiger partial charge in [-0.2, -0.15) is 16.7 Å².